The molecule has 0 spiro atoms. The summed E-state index contributed by atoms with van der Waals surface area (Å²) in [6.07, 6.45) is 11.1. The fraction of sp³-hybridized carbons (Fsp3) is 0.632. The lowest BCUT2D eigenvalue weighted by Crippen LogP contribution is -2.48. The Bertz CT molecular complexity index is 680. The van der Waals surface area contributed by atoms with Crippen molar-refractivity contribution in [2.75, 3.05) is 18.4 Å². The van der Waals surface area contributed by atoms with Crippen molar-refractivity contribution in [2.45, 2.75) is 51.0 Å². The molecule has 0 bridgehead atoms. The average Bonchev–Trinajstić information content (AvgIpc) is 3.39. The monoisotopic (exact) mass is 389 g/mol. The van der Waals surface area contributed by atoms with Crippen molar-refractivity contribution < 1.29 is 19.6 Å². The van der Waals surface area contributed by atoms with Gasteiger partial charge in [-0.2, -0.15) is 0 Å². The van der Waals surface area contributed by atoms with Gasteiger partial charge < -0.3 is 10.2 Å². The van der Waals surface area contributed by atoms with E-state index in [0.29, 0.717) is 42.6 Å². The highest BCUT2D eigenvalue weighted by Crippen LogP contribution is 2.32. The standard InChI is InChI=1S/C19H27N5O4/c25-13-23(28)12-15(10-14-4-1-2-5-14)19(27)24-9-3-6-16(24)18(26)22-17-11-20-7-8-21-17/h7-8,11,13-16,28H,1-6,9-10,12H2,(H,21,22,26)/t15?,16-/m0/s1. The third-order valence-corrected chi connectivity index (χ3v) is 5.62. The molecule has 3 rings (SSSR count). The first-order valence-corrected chi connectivity index (χ1v) is 9.86. The number of hydrogen-bond donors (Lipinski definition) is 2. The Kier molecular flexibility index (Phi) is 6.91. The molecule has 1 saturated carbocycles. The van der Waals surface area contributed by atoms with Crippen LogP contribution in [0.15, 0.2) is 18.6 Å². The van der Waals surface area contributed by atoms with Gasteiger partial charge in [0.15, 0.2) is 5.82 Å². The van der Waals surface area contributed by atoms with Crippen LogP contribution in [-0.2, 0) is 14.4 Å². The summed E-state index contributed by atoms with van der Waals surface area (Å²) < 4.78 is 0. The maximum absolute atomic E-state index is 13.2. The van der Waals surface area contributed by atoms with Gasteiger partial charge in [0, 0.05) is 18.9 Å². The molecule has 28 heavy (non-hydrogen) atoms. The third kappa shape index (κ3) is 5.03. The summed E-state index contributed by atoms with van der Waals surface area (Å²) in [6, 6.07) is -0.580. The largest absolute Gasteiger partial charge is 0.330 e. The van der Waals surface area contributed by atoms with Crippen molar-refractivity contribution in [1.82, 2.24) is 19.9 Å². The summed E-state index contributed by atoms with van der Waals surface area (Å²) in [5, 5.41) is 12.9. The third-order valence-electron chi connectivity index (χ3n) is 5.62. The zero-order chi connectivity index (χ0) is 19.9. The Labute approximate surface area is 164 Å². The fourth-order valence-corrected chi connectivity index (χ4v) is 4.28. The molecule has 152 valence electrons. The van der Waals surface area contributed by atoms with E-state index in [2.05, 4.69) is 15.3 Å². The van der Waals surface area contributed by atoms with Crippen LogP contribution in [0.2, 0.25) is 0 Å². The highest BCUT2D eigenvalue weighted by atomic mass is 16.5. The van der Waals surface area contributed by atoms with Crippen LogP contribution in [0.4, 0.5) is 5.82 Å². The number of anilines is 1. The molecule has 2 aliphatic rings. The van der Waals surface area contributed by atoms with Gasteiger partial charge in [-0.15, -0.1) is 0 Å². The fourth-order valence-electron chi connectivity index (χ4n) is 4.28. The lowest BCUT2D eigenvalue weighted by atomic mass is 9.91. The minimum atomic E-state index is -0.580. The van der Waals surface area contributed by atoms with Gasteiger partial charge in [-0.25, -0.2) is 10.0 Å². The predicted octanol–water partition coefficient (Wildman–Crippen LogP) is 1.45. The molecule has 1 unspecified atom stereocenters. The van der Waals surface area contributed by atoms with Crippen LogP contribution in [0.5, 0.6) is 0 Å². The summed E-state index contributed by atoms with van der Waals surface area (Å²) in [6.45, 7) is 0.443. The molecule has 2 atom stereocenters. The molecule has 2 fully saturated rings. The molecule has 1 aliphatic carbocycles. The van der Waals surface area contributed by atoms with Crippen LogP contribution in [0.1, 0.15) is 44.9 Å². The van der Waals surface area contributed by atoms with Gasteiger partial charge in [-0.3, -0.25) is 24.6 Å². The molecule has 3 amide bonds. The van der Waals surface area contributed by atoms with Gasteiger partial charge in [-0.05, 0) is 25.2 Å². The van der Waals surface area contributed by atoms with E-state index in [9.17, 15) is 19.6 Å². The summed E-state index contributed by atoms with van der Waals surface area (Å²) in [5.74, 6) is -0.213. The average molecular weight is 389 g/mol. The van der Waals surface area contributed by atoms with Crippen LogP contribution in [0.25, 0.3) is 0 Å². The zero-order valence-corrected chi connectivity index (χ0v) is 15.9. The van der Waals surface area contributed by atoms with Gasteiger partial charge in [0.05, 0.1) is 18.7 Å². The Hall–Kier alpha value is -2.55. The molecule has 1 saturated heterocycles. The smallest absolute Gasteiger partial charge is 0.248 e. The molecule has 1 aromatic heterocycles. The van der Waals surface area contributed by atoms with Crippen LogP contribution in [0.3, 0.4) is 0 Å². The van der Waals surface area contributed by atoms with Crippen molar-refractivity contribution in [3.05, 3.63) is 18.6 Å². The second kappa shape index (κ2) is 9.59. The lowest BCUT2D eigenvalue weighted by molar-refractivity contribution is -0.158. The van der Waals surface area contributed by atoms with Crippen molar-refractivity contribution in [3.8, 4) is 0 Å². The van der Waals surface area contributed by atoms with Crippen LogP contribution < -0.4 is 5.32 Å². The molecule has 9 heteroatoms. The highest BCUT2D eigenvalue weighted by molar-refractivity contribution is 5.97. The first-order valence-electron chi connectivity index (χ1n) is 9.86. The van der Waals surface area contributed by atoms with Gasteiger partial charge in [0.1, 0.15) is 6.04 Å². The summed E-state index contributed by atoms with van der Waals surface area (Å²) in [5.41, 5.74) is 0. The van der Waals surface area contributed by atoms with Gasteiger partial charge in [0.25, 0.3) is 0 Å². The van der Waals surface area contributed by atoms with Crippen molar-refractivity contribution in [3.63, 3.8) is 0 Å². The first kappa shape index (κ1) is 20.2. The van der Waals surface area contributed by atoms with Crippen molar-refractivity contribution in [2.24, 2.45) is 11.8 Å². The van der Waals surface area contributed by atoms with Gasteiger partial charge in [-0.1, -0.05) is 25.7 Å². The summed E-state index contributed by atoms with van der Waals surface area (Å²) >= 11 is 0. The summed E-state index contributed by atoms with van der Waals surface area (Å²) in [4.78, 5) is 46.3. The predicted molar refractivity (Wildman–Crippen MR) is 100 cm³/mol. The maximum atomic E-state index is 13.2. The minimum Gasteiger partial charge on any atom is -0.330 e. The molecule has 0 aromatic carbocycles. The number of aromatic nitrogens is 2. The van der Waals surface area contributed by atoms with E-state index in [1.807, 2.05) is 0 Å². The number of rotatable bonds is 8. The molecule has 1 aromatic rings. The number of nitrogens with zero attached hydrogens (tertiary/aromatic N) is 4. The number of amides is 3. The minimum absolute atomic E-state index is 0.0478. The van der Waals surface area contributed by atoms with Gasteiger partial charge in [0.2, 0.25) is 18.2 Å². The molecule has 1 aliphatic heterocycles. The Morgan fingerprint density at radius 3 is 2.75 bits per heavy atom. The number of carbonyl (C=O) groups excluding carboxylic acids is 3. The Morgan fingerprint density at radius 1 is 1.29 bits per heavy atom. The second-order valence-electron chi connectivity index (χ2n) is 7.58. The second-order valence-corrected chi connectivity index (χ2v) is 7.58. The van der Waals surface area contributed by atoms with E-state index in [4.69, 9.17) is 0 Å². The molecular weight excluding hydrogens is 362 g/mol. The number of likely N-dealkylation sites (tertiary alicyclic amines) is 1. The molecule has 0 radical (unpaired) electrons. The number of carbonyl (C=O) groups is 3. The van der Waals surface area contributed by atoms with E-state index in [-0.39, 0.29) is 18.4 Å². The first-order chi connectivity index (χ1) is 13.6. The van der Waals surface area contributed by atoms with E-state index in [1.54, 1.807) is 4.90 Å². The Balaban J connectivity index is 1.68. The zero-order valence-electron chi connectivity index (χ0n) is 15.9. The highest BCUT2D eigenvalue weighted by Gasteiger charge is 2.38. The van der Waals surface area contributed by atoms with E-state index in [0.717, 1.165) is 32.1 Å². The van der Waals surface area contributed by atoms with E-state index >= 15 is 0 Å². The van der Waals surface area contributed by atoms with Crippen LogP contribution in [-0.4, -0.2) is 62.5 Å². The number of hydrogen-bond acceptors (Lipinski definition) is 6. The molecular formula is C19H27N5O4. The molecule has 9 nitrogen and oxygen atoms in total. The quantitative estimate of drug-likeness (QED) is 0.395. The molecule has 2 heterocycles. The van der Waals surface area contributed by atoms with E-state index < -0.39 is 12.0 Å². The van der Waals surface area contributed by atoms with E-state index in [1.165, 1.54) is 18.6 Å². The molecule has 2 N–H and O–H groups in total. The van der Waals surface area contributed by atoms with Crippen LogP contribution in [0, 0.1) is 11.8 Å². The van der Waals surface area contributed by atoms with Crippen molar-refractivity contribution in [1.29, 1.82) is 0 Å². The van der Waals surface area contributed by atoms with Crippen molar-refractivity contribution >= 4 is 24.0 Å². The summed E-state index contributed by atoms with van der Waals surface area (Å²) in [7, 11) is 0. The normalized spacial score (nSPS) is 20.8. The topological polar surface area (TPSA) is 116 Å². The number of nitrogens with one attached hydrogen (secondary N) is 1. The number of hydroxylamine groups is 2. The maximum Gasteiger partial charge on any atom is 0.248 e. The SMILES string of the molecule is O=CN(O)CC(CC1CCCC1)C(=O)N1CCC[C@H]1C(=O)Nc1cnccn1. The lowest BCUT2D eigenvalue weighted by Gasteiger charge is -2.30. The van der Waals surface area contributed by atoms with Gasteiger partial charge >= 0.3 is 0 Å². The van der Waals surface area contributed by atoms with Crippen LogP contribution >= 0.6 is 0 Å². The Morgan fingerprint density at radius 2 is 2.07 bits per heavy atom.